The number of carbonyl (C=O) groups is 1. The number of hydrogen-bond acceptors (Lipinski definition) is 5. The molecule has 0 radical (unpaired) electrons. The highest BCUT2D eigenvalue weighted by Crippen LogP contribution is 2.32. The molecule has 1 N–H and O–H groups in total. The van der Waals surface area contributed by atoms with Gasteiger partial charge in [0.25, 0.3) is 0 Å². The fourth-order valence-electron chi connectivity index (χ4n) is 3.32. The van der Waals surface area contributed by atoms with Crippen molar-refractivity contribution in [3.05, 3.63) is 65.5 Å². The average molecular weight is 372 g/mol. The summed E-state index contributed by atoms with van der Waals surface area (Å²) in [7, 11) is 0. The topological polar surface area (TPSA) is 62.2 Å². The van der Waals surface area contributed by atoms with Crippen LogP contribution >= 0.6 is 0 Å². The third kappa shape index (κ3) is 3.80. The van der Waals surface area contributed by atoms with Crippen molar-refractivity contribution in [2.45, 2.75) is 18.6 Å². The minimum atomic E-state index is -0.567. The van der Waals surface area contributed by atoms with Crippen LogP contribution in [0.1, 0.15) is 17.0 Å². The Labute approximate surface area is 156 Å². The number of aliphatic hydroxyl groups is 1. The van der Waals surface area contributed by atoms with E-state index in [1.165, 1.54) is 11.0 Å². The standard InChI is InChI=1S/C20H21FN2O4/c21-19-8-16(23-11-17(12-24)27-20(23)25)6-7-18(19)15-9-22(10-15)26-13-14-4-2-1-3-5-14/h1-8,15,17,24H,9-13H2. The first-order valence-electron chi connectivity index (χ1n) is 8.94. The van der Waals surface area contributed by atoms with E-state index in [0.717, 1.165) is 5.56 Å². The minimum absolute atomic E-state index is 0.0607. The highest BCUT2D eigenvalue weighted by Gasteiger charge is 2.34. The molecule has 1 atom stereocenters. The number of carbonyl (C=O) groups excluding carboxylic acids is 1. The van der Waals surface area contributed by atoms with E-state index in [2.05, 4.69) is 0 Å². The fraction of sp³-hybridized carbons (Fsp3) is 0.350. The van der Waals surface area contributed by atoms with Crippen molar-refractivity contribution in [1.29, 1.82) is 0 Å². The van der Waals surface area contributed by atoms with Crippen LogP contribution in [0.4, 0.5) is 14.9 Å². The highest BCUT2D eigenvalue weighted by atomic mass is 19.1. The molecule has 2 heterocycles. The molecule has 7 heteroatoms. The molecule has 1 unspecified atom stereocenters. The Kier molecular flexibility index (Phi) is 5.07. The van der Waals surface area contributed by atoms with Gasteiger partial charge in [0.1, 0.15) is 11.9 Å². The molecular weight excluding hydrogens is 351 g/mol. The Morgan fingerprint density at radius 3 is 2.59 bits per heavy atom. The average Bonchev–Trinajstić information content (AvgIpc) is 3.03. The summed E-state index contributed by atoms with van der Waals surface area (Å²) in [5, 5.41) is 10.9. The number of aliphatic hydroxyl groups excluding tert-OH is 1. The monoisotopic (exact) mass is 372 g/mol. The maximum Gasteiger partial charge on any atom is 0.414 e. The second-order valence-corrected chi connectivity index (χ2v) is 6.81. The predicted molar refractivity (Wildman–Crippen MR) is 96.6 cm³/mol. The molecule has 142 valence electrons. The van der Waals surface area contributed by atoms with Crippen molar-refractivity contribution in [3.8, 4) is 0 Å². The Bertz CT molecular complexity index is 811. The summed E-state index contributed by atoms with van der Waals surface area (Å²) in [6.45, 7) is 1.73. The quantitative estimate of drug-likeness (QED) is 0.845. The van der Waals surface area contributed by atoms with Gasteiger partial charge in [-0.3, -0.25) is 9.74 Å². The number of ether oxygens (including phenoxy) is 1. The third-order valence-electron chi connectivity index (χ3n) is 4.92. The van der Waals surface area contributed by atoms with Gasteiger partial charge >= 0.3 is 6.09 Å². The summed E-state index contributed by atoms with van der Waals surface area (Å²) in [6, 6.07) is 14.7. The Balaban J connectivity index is 1.34. The lowest BCUT2D eigenvalue weighted by atomic mass is 9.92. The van der Waals surface area contributed by atoms with Gasteiger partial charge in [0, 0.05) is 19.0 Å². The molecule has 0 bridgehead atoms. The molecule has 4 rings (SSSR count). The molecule has 0 aliphatic carbocycles. The molecule has 0 aromatic heterocycles. The second kappa shape index (κ2) is 7.64. The molecule has 0 saturated carbocycles. The Hall–Kier alpha value is -2.48. The lowest BCUT2D eigenvalue weighted by molar-refractivity contribution is -0.214. The number of hydrogen-bond donors (Lipinski definition) is 1. The number of anilines is 1. The SMILES string of the molecule is O=C1OC(CO)CN1c1ccc(C2CN(OCc3ccccc3)C2)c(F)c1. The van der Waals surface area contributed by atoms with Crippen molar-refractivity contribution in [2.75, 3.05) is 31.1 Å². The van der Waals surface area contributed by atoms with E-state index in [1.807, 2.05) is 35.4 Å². The predicted octanol–water partition coefficient (Wildman–Crippen LogP) is 2.67. The van der Waals surface area contributed by atoms with Gasteiger partial charge in [0.05, 0.1) is 25.4 Å². The van der Waals surface area contributed by atoms with Crippen LogP contribution in [0.3, 0.4) is 0 Å². The van der Waals surface area contributed by atoms with Gasteiger partial charge < -0.3 is 9.84 Å². The first-order chi connectivity index (χ1) is 13.1. The van der Waals surface area contributed by atoms with Crippen LogP contribution in [0.5, 0.6) is 0 Å². The van der Waals surface area contributed by atoms with Crippen molar-refractivity contribution in [2.24, 2.45) is 0 Å². The summed E-state index contributed by atoms with van der Waals surface area (Å²) in [5.41, 5.74) is 2.15. The van der Waals surface area contributed by atoms with Gasteiger partial charge in [0.2, 0.25) is 0 Å². The van der Waals surface area contributed by atoms with Gasteiger partial charge in [-0.05, 0) is 23.3 Å². The van der Waals surface area contributed by atoms with Gasteiger partial charge in [0.15, 0.2) is 0 Å². The van der Waals surface area contributed by atoms with Crippen LogP contribution in [0.2, 0.25) is 0 Å². The van der Waals surface area contributed by atoms with Crippen molar-refractivity contribution in [1.82, 2.24) is 5.06 Å². The van der Waals surface area contributed by atoms with E-state index in [1.54, 1.807) is 12.1 Å². The lowest BCUT2D eigenvalue weighted by Crippen LogP contribution is -2.44. The first-order valence-corrected chi connectivity index (χ1v) is 8.94. The number of cyclic esters (lactones) is 1. The molecule has 2 aromatic carbocycles. The van der Waals surface area contributed by atoms with E-state index in [9.17, 15) is 9.18 Å². The first kappa shape index (κ1) is 17.9. The maximum absolute atomic E-state index is 14.6. The Morgan fingerprint density at radius 2 is 1.93 bits per heavy atom. The van der Waals surface area contributed by atoms with Crippen LogP contribution in [0, 0.1) is 5.82 Å². The summed E-state index contributed by atoms with van der Waals surface area (Å²) < 4.78 is 19.6. The molecule has 2 aromatic rings. The number of halogens is 1. The molecular formula is C20H21FN2O4. The number of nitrogens with zero attached hydrogens (tertiary/aromatic N) is 2. The molecule has 2 aliphatic rings. The lowest BCUT2D eigenvalue weighted by Gasteiger charge is -2.38. The van der Waals surface area contributed by atoms with Crippen LogP contribution in [-0.4, -0.2) is 48.6 Å². The van der Waals surface area contributed by atoms with E-state index in [4.69, 9.17) is 14.7 Å². The van der Waals surface area contributed by atoms with Crippen LogP contribution < -0.4 is 4.90 Å². The smallest absolute Gasteiger partial charge is 0.414 e. The minimum Gasteiger partial charge on any atom is -0.441 e. The molecule has 0 spiro atoms. The second-order valence-electron chi connectivity index (χ2n) is 6.81. The van der Waals surface area contributed by atoms with E-state index < -0.39 is 12.2 Å². The number of hydroxylamine groups is 2. The van der Waals surface area contributed by atoms with Gasteiger partial charge in [-0.1, -0.05) is 36.4 Å². The number of rotatable bonds is 6. The van der Waals surface area contributed by atoms with Crippen LogP contribution in [0.15, 0.2) is 48.5 Å². The third-order valence-corrected chi connectivity index (χ3v) is 4.92. The normalized spacial score (nSPS) is 20.6. The summed E-state index contributed by atoms with van der Waals surface area (Å²) >= 11 is 0. The van der Waals surface area contributed by atoms with Gasteiger partial charge in [-0.15, -0.1) is 0 Å². The van der Waals surface area contributed by atoms with E-state index >= 15 is 0 Å². The van der Waals surface area contributed by atoms with Crippen LogP contribution in [-0.2, 0) is 16.2 Å². The summed E-state index contributed by atoms with van der Waals surface area (Å²) in [6.07, 6.45) is -1.13. The Morgan fingerprint density at radius 1 is 1.15 bits per heavy atom. The zero-order valence-electron chi connectivity index (χ0n) is 14.8. The zero-order chi connectivity index (χ0) is 18.8. The van der Waals surface area contributed by atoms with Crippen LogP contribution in [0.25, 0.3) is 0 Å². The van der Waals surface area contributed by atoms with Crippen molar-refractivity contribution < 1.29 is 23.9 Å². The summed E-state index contributed by atoms with van der Waals surface area (Å²) in [5.74, 6) is -0.286. The fourth-order valence-corrected chi connectivity index (χ4v) is 3.32. The van der Waals surface area contributed by atoms with Gasteiger partial charge in [-0.2, -0.15) is 5.06 Å². The maximum atomic E-state index is 14.6. The molecule has 2 saturated heterocycles. The highest BCUT2D eigenvalue weighted by molar-refractivity contribution is 5.89. The van der Waals surface area contributed by atoms with Crippen molar-refractivity contribution in [3.63, 3.8) is 0 Å². The molecule has 2 aliphatic heterocycles. The van der Waals surface area contributed by atoms with Gasteiger partial charge in [-0.25, -0.2) is 9.18 Å². The largest absolute Gasteiger partial charge is 0.441 e. The number of benzene rings is 2. The molecule has 2 fully saturated rings. The molecule has 1 amide bonds. The summed E-state index contributed by atoms with van der Waals surface area (Å²) in [4.78, 5) is 18.9. The van der Waals surface area contributed by atoms with E-state index in [-0.39, 0.29) is 24.9 Å². The molecule has 6 nitrogen and oxygen atoms in total. The number of amides is 1. The molecule has 27 heavy (non-hydrogen) atoms. The van der Waals surface area contributed by atoms with E-state index in [0.29, 0.717) is 30.9 Å². The zero-order valence-corrected chi connectivity index (χ0v) is 14.8. The van der Waals surface area contributed by atoms with Crippen molar-refractivity contribution >= 4 is 11.8 Å².